The molecule has 2 aromatic carbocycles. The van der Waals surface area contributed by atoms with Crippen molar-refractivity contribution in [2.24, 2.45) is 0 Å². The highest BCUT2D eigenvalue weighted by atomic mass is 35.5. The molecule has 1 aliphatic heterocycles. The Morgan fingerprint density at radius 1 is 0.889 bits per heavy atom. The zero-order valence-electron chi connectivity index (χ0n) is 10.7. The van der Waals surface area contributed by atoms with Crippen molar-refractivity contribution in [3.63, 3.8) is 0 Å². The first kappa shape index (κ1) is 11.6. The summed E-state index contributed by atoms with van der Waals surface area (Å²) < 4.78 is 0. The number of fused-ring (bicyclic) bond motifs is 1. The van der Waals surface area contributed by atoms with E-state index in [0.29, 0.717) is 0 Å². The first-order valence-electron chi connectivity index (χ1n) is 6.23. The van der Waals surface area contributed by atoms with Crippen LogP contribution in [0.2, 0.25) is 5.02 Å². The minimum atomic E-state index is 0.794. The first-order valence-corrected chi connectivity index (χ1v) is 6.61. The van der Waals surface area contributed by atoms with Gasteiger partial charge < -0.3 is 4.90 Å². The van der Waals surface area contributed by atoms with Gasteiger partial charge in [-0.15, -0.1) is 0 Å². The largest absolute Gasteiger partial charge is 0.363 e. The molecule has 1 heterocycles. The van der Waals surface area contributed by atoms with Gasteiger partial charge in [0, 0.05) is 23.8 Å². The van der Waals surface area contributed by atoms with E-state index in [4.69, 9.17) is 11.6 Å². The van der Waals surface area contributed by atoms with Crippen LogP contribution in [0.5, 0.6) is 0 Å². The number of rotatable bonds is 1. The molecule has 1 nitrogen and oxygen atoms in total. The van der Waals surface area contributed by atoms with Gasteiger partial charge in [-0.05, 0) is 60.4 Å². The molecule has 0 fully saturated rings. The van der Waals surface area contributed by atoms with E-state index in [-0.39, 0.29) is 0 Å². The van der Waals surface area contributed by atoms with Crippen LogP contribution in [0.4, 0.5) is 5.69 Å². The molecule has 92 valence electrons. The number of benzene rings is 2. The van der Waals surface area contributed by atoms with E-state index in [1.165, 1.54) is 27.9 Å². The van der Waals surface area contributed by atoms with Crippen LogP contribution < -0.4 is 4.90 Å². The van der Waals surface area contributed by atoms with E-state index < -0.39 is 0 Å². The van der Waals surface area contributed by atoms with Crippen LogP contribution in [-0.4, -0.2) is 0 Å². The molecule has 0 spiro atoms. The molecule has 0 bridgehead atoms. The van der Waals surface area contributed by atoms with E-state index in [1.807, 2.05) is 12.1 Å². The average molecular weight is 258 g/mol. The summed E-state index contributed by atoms with van der Waals surface area (Å²) in [6.07, 6.45) is 0. The van der Waals surface area contributed by atoms with Crippen LogP contribution in [0.1, 0.15) is 22.3 Å². The zero-order valence-corrected chi connectivity index (χ0v) is 11.5. The summed E-state index contributed by atoms with van der Waals surface area (Å²) in [7, 11) is 0. The van der Waals surface area contributed by atoms with Crippen molar-refractivity contribution in [3.05, 3.63) is 63.7 Å². The topological polar surface area (TPSA) is 3.24 Å². The van der Waals surface area contributed by atoms with Gasteiger partial charge in [0.2, 0.25) is 0 Å². The number of anilines is 1. The first-order chi connectivity index (χ1) is 8.63. The summed E-state index contributed by atoms with van der Waals surface area (Å²) >= 11 is 5.93. The smallest absolute Gasteiger partial charge is 0.0436 e. The van der Waals surface area contributed by atoms with Crippen LogP contribution in [0, 0.1) is 13.8 Å². The molecule has 0 aliphatic carbocycles. The lowest BCUT2D eigenvalue weighted by atomic mass is 10.0. The molecule has 2 aromatic rings. The Morgan fingerprint density at radius 3 is 1.89 bits per heavy atom. The molecule has 0 N–H and O–H groups in total. The monoisotopic (exact) mass is 257 g/mol. The van der Waals surface area contributed by atoms with Gasteiger partial charge >= 0.3 is 0 Å². The molecule has 0 amide bonds. The summed E-state index contributed by atoms with van der Waals surface area (Å²) in [5, 5.41) is 0.794. The third-order valence-corrected chi connectivity index (χ3v) is 3.98. The Bertz CT molecular complexity index is 556. The molecule has 2 heteroatoms. The van der Waals surface area contributed by atoms with Crippen molar-refractivity contribution in [1.82, 2.24) is 0 Å². The van der Waals surface area contributed by atoms with Gasteiger partial charge in [0.1, 0.15) is 0 Å². The summed E-state index contributed by atoms with van der Waals surface area (Å²) in [6.45, 7) is 6.36. The standard InChI is InChI=1S/C16H16ClN/c1-11-7-13-9-18(10-14(13)8-12(11)2)16-5-3-15(17)4-6-16/h3-8H,9-10H2,1-2H3. The van der Waals surface area contributed by atoms with Crippen molar-refractivity contribution >= 4 is 17.3 Å². The second-order valence-electron chi connectivity index (χ2n) is 5.04. The molecule has 0 unspecified atom stereocenters. The van der Waals surface area contributed by atoms with Crippen molar-refractivity contribution in [2.45, 2.75) is 26.9 Å². The van der Waals surface area contributed by atoms with Gasteiger partial charge in [-0.3, -0.25) is 0 Å². The van der Waals surface area contributed by atoms with Gasteiger partial charge in [-0.2, -0.15) is 0 Å². The van der Waals surface area contributed by atoms with E-state index in [2.05, 4.69) is 43.0 Å². The molecule has 0 radical (unpaired) electrons. The molecule has 0 atom stereocenters. The van der Waals surface area contributed by atoms with Crippen LogP contribution in [-0.2, 0) is 13.1 Å². The molecule has 0 saturated carbocycles. The van der Waals surface area contributed by atoms with Crippen LogP contribution in [0.15, 0.2) is 36.4 Å². The zero-order chi connectivity index (χ0) is 12.7. The average Bonchev–Trinajstić information content (AvgIpc) is 2.73. The lowest BCUT2D eigenvalue weighted by Crippen LogP contribution is -2.13. The highest BCUT2D eigenvalue weighted by molar-refractivity contribution is 6.30. The Hall–Kier alpha value is -1.47. The molecule has 0 aromatic heterocycles. The normalized spacial score (nSPS) is 13.8. The van der Waals surface area contributed by atoms with E-state index in [1.54, 1.807) is 0 Å². The Labute approximate surface area is 113 Å². The maximum atomic E-state index is 5.93. The maximum Gasteiger partial charge on any atom is 0.0436 e. The van der Waals surface area contributed by atoms with Crippen molar-refractivity contribution in [3.8, 4) is 0 Å². The van der Waals surface area contributed by atoms with Crippen LogP contribution >= 0.6 is 11.6 Å². The van der Waals surface area contributed by atoms with Crippen molar-refractivity contribution < 1.29 is 0 Å². The lowest BCUT2D eigenvalue weighted by Gasteiger charge is -2.17. The number of hydrogen-bond acceptors (Lipinski definition) is 1. The van der Waals surface area contributed by atoms with Crippen LogP contribution in [0.25, 0.3) is 0 Å². The number of nitrogens with zero attached hydrogens (tertiary/aromatic N) is 1. The molecule has 1 aliphatic rings. The molecule has 3 rings (SSSR count). The molecular formula is C16H16ClN. The summed E-state index contributed by atoms with van der Waals surface area (Å²) in [5.41, 5.74) is 6.91. The van der Waals surface area contributed by atoms with E-state index in [0.717, 1.165) is 18.1 Å². The fourth-order valence-electron chi connectivity index (χ4n) is 2.53. The predicted molar refractivity (Wildman–Crippen MR) is 77.3 cm³/mol. The van der Waals surface area contributed by atoms with Crippen molar-refractivity contribution in [2.75, 3.05) is 4.90 Å². The highest BCUT2D eigenvalue weighted by Gasteiger charge is 2.19. The number of halogens is 1. The summed E-state index contributed by atoms with van der Waals surface area (Å²) in [6, 6.07) is 12.7. The van der Waals surface area contributed by atoms with Gasteiger partial charge in [0.15, 0.2) is 0 Å². The molecule has 0 saturated heterocycles. The van der Waals surface area contributed by atoms with E-state index in [9.17, 15) is 0 Å². The quantitative estimate of drug-likeness (QED) is 0.728. The third-order valence-electron chi connectivity index (χ3n) is 3.73. The lowest BCUT2D eigenvalue weighted by molar-refractivity contribution is 0.880. The Morgan fingerprint density at radius 2 is 1.39 bits per heavy atom. The van der Waals surface area contributed by atoms with Crippen molar-refractivity contribution in [1.29, 1.82) is 0 Å². The SMILES string of the molecule is Cc1cc2c(cc1C)CN(c1ccc(Cl)cc1)C2. The minimum Gasteiger partial charge on any atom is -0.363 e. The Kier molecular flexibility index (Phi) is 2.79. The second-order valence-corrected chi connectivity index (χ2v) is 5.47. The highest BCUT2D eigenvalue weighted by Crippen LogP contribution is 2.30. The fourth-order valence-corrected chi connectivity index (χ4v) is 2.66. The van der Waals surface area contributed by atoms with Gasteiger partial charge in [0.05, 0.1) is 0 Å². The number of aryl methyl sites for hydroxylation is 2. The molecule has 18 heavy (non-hydrogen) atoms. The third kappa shape index (κ3) is 1.99. The van der Waals surface area contributed by atoms with Gasteiger partial charge in [-0.25, -0.2) is 0 Å². The van der Waals surface area contributed by atoms with Gasteiger partial charge in [-0.1, -0.05) is 23.7 Å². The molecular weight excluding hydrogens is 242 g/mol. The fraction of sp³-hybridized carbons (Fsp3) is 0.250. The maximum absolute atomic E-state index is 5.93. The summed E-state index contributed by atoms with van der Waals surface area (Å²) in [5.74, 6) is 0. The van der Waals surface area contributed by atoms with E-state index >= 15 is 0 Å². The van der Waals surface area contributed by atoms with Gasteiger partial charge in [0.25, 0.3) is 0 Å². The predicted octanol–water partition coefficient (Wildman–Crippen LogP) is 4.48. The minimum absolute atomic E-state index is 0.794. The second kappa shape index (κ2) is 4.33. The number of hydrogen-bond donors (Lipinski definition) is 0. The summed E-state index contributed by atoms with van der Waals surface area (Å²) in [4.78, 5) is 2.39. The van der Waals surface area contributed by atoms with Crippen LogP contribution in [0.3, 0.4) is 0 Å². The Balaban J connectivity index is 1.91.